The highest BCUT2D eigenvalue weighted by atomic mass is 16.7. The summed E-state index contributed by atoms with van der Waals surface area (Å²) in [7, 11) is 0. The van der Waals surface area contributed by atoms with Gasteiger partial charge in [-0.3, -0.25) is 0 Å². The Bertz CT molecular complexity index is 576. The van der Waals surface area contributed by atoms with E-state index in [9.17, 15) is 9.90 Å². The molecule has 0 atom stereocenters. The van der Waals surface area contributed by atoms with Gasteiger partial charge >= 0.3 is 6.16 Å². The molecule has 2 rings (SSSR count). The monoisotopic (exact) mass is 244 g/mol. The average Bonchev–Trinajstić information content (AvgIpc) is 2.34. The van der Waals surface area contributed by atoms with Crippen molar-refractivity contribution in [1.29, 1.82) is 0 Å². The Morgan fingerprint density at radius 2 is 1.78 bits per heavy atom. The highest BCUT2D eigenvalue weighted by Crippen LogP contribution is 2.39. The first-order valence-electron chi connectivity index (χ1n) is 5.38. The lowest BCUT2D eigenvalue weighted by molar-refractivity contribution is 0.143. The summed E-state index contributed by atoms with van der Waals surface area (Å²) < 4.78 is 4.53. The maximum absolute atomic E-state index is 10.5. The summed E-state index contributed by atoms with van der Waals surface area (Å²) >= 11 is 0. The number of carboxylic acid groups (broad SMARTS) is 1. The summed E-state index contributed by atoms with van der Waals surface area (Å²) in [5.41, 5.74) is 2.23. The smallest absolute Gasteiger partial charge is 0.504 e. The van der Waals surface area contributed by atoms with Crippen LogP contribution in [0.5, 0.6) is 11.5 Å². The van der Waals surface area contributed by atoms with Crippen LogP contribution in [0.4, 0.5) is 4.79 Å². The van der Waals surface area contributed by atoms with Crippen molar-refractivity contribution >= 4 is 6.16 Å². The van der Waals surface area contributed by atoms with Crippen LogP contribution in [0.15, 0.2) is 42.5 Å². The van der Waals surface area contributed by atoms with Gasteiger partial charge in [-0.25, -0.2) is 4.79 Å². The van der Waals surface area contributed by atoms with Crippen molar-refractivity contribution in [2.45, 2.75) is 6.92 Å². The molecule has 0 unspecified atom stereocenters. The quantitative estimate of drug-likeness (QED) is 0.627. The zero-order valence-electron chi connectivity index (χ0n) is 9.75. The minimum Gasteiger partial charge on any atom is -0.504 e. The van der Waals surface area contributed by atoms with Gasteiger partial charge in [0.1, 0.15) is 0 Å². The number of carbonyl (C=O) groups is 1. The topological polar surface area (TPSA) is 66.8 Å². The van der Waals surface area contributed by atoms with Gasteiger partial charge in [-0.1, -0.05) is 36.4 Å². The standard InChI is InChI=1S/C14H12O4/c1-9-7-8-11(18-14(16)17)13(15)12(9)10-5-3-2-4-6-10/h2-8,15H,1H3,(H,16,17). The van der Waals surface area contributed by atoms with Gasteiger partial charge in [0.25, 0.3) is 0 Å². The van der Waals surface area contributed by atoms with Crippen LogP contribution in [0.2, 0.25) is 0 Å². The van der Waals surface area contributed by atoms with Gasteiger partial charge in [0.15, 0.2) is 11.5 Å². The van der Waals surface area contributed by atoms with Crippen molar-refractivity contribution in [3.8, 4) is 22.6 Å². The summed E-state index contributed by atoms with van der Waals surface area (Å²) in [5.74, 6) is -0.226. The SMILES string of the molecule is Cc1ccc(OC(=O)O)c(O)c1-c1ccccc1. The van der Waals surface area contributed by atoms with Gasteiger partial charge in [-0.05, 0) is 24.1 Å². The predicted octanol–water partition coefficient (Wildman–Crippen LogP) is 3.42. The van der Waals surface area contributed by atoms with E-state index in [1.165, 1.54) is 6.07 Å². The minimum atomic E-state index is -1.45. The molecule has 18 heavy (non-hydrogen) atoms. The number of ether oxygens (including phenoxy) is 1. The maximum atomic E-state index is 10.5. The Morgan fingerprint density at radius 1 is 1.11 bits per heavy atom. The largest absolute Gasteiger partial charge is 0.511 e. The first kappa shape index (κ1) is 12.0. The average molecular weight is 244 g/mol. The molecule has 0 aliphatic carbocycles. The van der Waals surface area contributed by atoms with E-state index in [4.69, 9.17) is 5.11 Å². The van der Waals surface area contributed by atoms with E-state index in [1.54, 1.807) is 6.07 Å². The minimum absolute atomic E-state index is 0.0630. The molecule has 4 heteroatoms. The lowest BCUT2D eigenvalue weighted by Gasteiger charge is -2.11. The van der Waals surface area contributed by atoms with E-state index in [-0.39, 0.29) is 11.5 Å². The molecule has 0 aromatic heterocycles. The molecule has 0 aliphatic heterocycles. The molecule has 0 aliphatic rings. The van der Waals surface area contributed by atoms with Crippen LogP contribution in [0.3, 0.4) is 0 Å². The summed E-state index contributed by atoms with van der Waals surface area (Å²) in [6, 6.07) is 12.4. The van der Waals surface area contributed by atoms with Gasteiger partial charge in [-0.15, -0.1) is 0 Å². The second-order valence-electron chi connectivity index (χ2n) is 3.84. The molecular weight excluding hydrogens is 232 g/mol. The summed E-state index contributed by atoms with van der Waals surface area (Å²) in [4.78, 5) is 10.5. The molecule has 0 fully saturated rings. The van der Waals surface area contributed by atoms with E-state index in [0.29, 0.717) is 5.56 Å². The fraction of sp³-hybridized carbons (Fsp3) is 0.0714. The third-order valence-corrected chi connectivity index (χ3v) is 2.61. The second kappa shape index (κ2) is 4.79. The van der Waals surface area contributed by atoms with Crippen molar-refractivity contribution in [3.05, 3.63) is 48.0 Å². The first-order chi connectivity index (χ1) is 8.59. The molecule has 0 radical (unpaired) electrons. The third-order valence-electron chi connectivity index (χ3n) is 2.61. The maximum Gasteiger partial charge on any atom is 0.511 e. The van der Waals surface area contributed by atoms with Gasteiger partial charge in [0, 0.05) is 5.56 Å². The van der Waals surface area contributed by atoms with Gasteiger partial charge < -0.3 is 14.9 Å². The fourth-order valence-electron chi connectivity index (χ4n) is 1.82. The fourth-order valence-corrected chi connectivity index (χ4v) is 1.82. The zero-order valence-corrected chi connectivity index (χ0v) is 9.75. The number of benzene rings is 2. The molecule has 0 saturated carbocycles. The van der Waals surface area contributed by atoms with Crippen LogP contribution in [-0.4, -0.2) is 16.4 Å². The van der Waals surface area contributed by atoms with E-state index < -0.39 is 6.16 Å². The number of aromatic hydroxyl groups is 1. The molecule has 0 heterocycles. The lowest BCUT2D eigenvalue weighted by atomic mass is 9.99. The van der Waals surface area contributed by atoms with Crippen molar-refractivity contribution in [2.24, 2.45) is 0 Å². The molecule has 0 saturated heterocycles. The van der Waals surface area contributed by atoms with Crippen LogP contribution >= 0.6 is 0 Å². The highest BCUT2D eigenvalue weighted by Gasteiger charge is 2.15. The van der Waals surface area contributed by atoms with Gasteiger partial charge in [0.05, 0.1) is 0 Å². The van der Waals surface area contributed by atoms with Crippen molar-refractivity contribution in [1.82, 2.24) is 0 Å². The van der Waals surface area contributed by atoms with Crippen LogP contribution in [0, 0.1) is 6.92 Å². The number of rotatable bonds is 2. The highest BCUT2D eigenvalue weighted by molar-refractivity contribution is 5.78. The molecule has 2 N–H and O–H groups in total. The van der Waals surface area contributed by atoms with Crippen LogP contribution in [0.1, 0.15) is 5.56 Å². The Morgan fingerprint density at radius 3 is 2.39 bits per heavy atom. The number of phenolic OH excluding ortho intramolecular Hbond substituents is 1. The van der Waals surface area contributed by atoms with Crippen LogP contribution in [-0.2, 0) is 0 Å². The Labute approximate surface area is 104 Å². The zero-order chi connectivity index (χ0) is 13.1. The normalized spacial score (nSPS) is 10.1. The Kier molecular flexibility index (Phi) is 3.19. The van der Waals surface area contributed by atoms with E-state index >= 15 is 0 Å². The Hall–Kier alpha value is -2.49. The first-order valence-corrected chi connectivity index (χ1v) is 5.38. The number of phenols is 1. The number of aryl methyl sites for hydroxylation is 1. The molecule has 4 nitrogen and oxygen atoms in total. The van der Waals surface area contributed by atoms with E-state index in [2.05, 4.69) is 4.74 Å². The molecule has 2 aromatic rings. The summed E-state index contributed by atoms with van der Waals surface area (Å²) in [5, 5.41) is 18.7. The lowest BCUT2D eigenvalue weighted by Crippen LogP contribution is -2.03. The molecule has 0 bridgehead atoms. The molecular formula is C14H12O4. The van der Waals surface area contributed by atoms with E-state index in [1.807, 2.05) is 37.3 Å². The van der Waals surface area contributed by atoms with Crippen molar-refractivity contribution in [3.63, 3.8) is 0 Å². The van der Waals surface area contributed by atoms with Crippen molar-refractivity contribution in [2.75, 3.05) is 0 Å². The van der Waals surface area contributed by atoms with Gasteiger partial charge in [0.2, 0.25) is 0 Å². The molecule has 2 aromatic carbocycles. The van der Waals surface area contributed by atoms with E-state index in [0.717, 1.165) is 11.1 Å². The third kappa shape index (κ3) is 2.27. The predicted molar refractivity (Wildman–Crippen MR) is 66.9 cm³/mol. The Balaban J connectivity index is 2.56. The van der Waals surface area contributed by atoms with Crippen LogP contribution in [0.25, 0.3) is 11.1 Å². The molecule has 0 spiro atoms. The summed E-state index contributed by atoms with van der Waals surface area (Å²) in [6.45, 7) is 1.84. The van der Waals surface area contributed by atoms with Crippen LogP contribution < -0.4 is 4.74 Å². The summed E-state index contributed by atoms with van der Waals surface area (Å²) in [6.07, 6.45) is -1.45. The molecule has 92 valence electrons. The number of hydrogen-bond acceptors (Lipinski definition) is 3. The second-order valence-corrected chi connectivity index (χ2v) is 3.84. The van der Waals surface area contributed by atoms with Gasteiger partial charge in [-0.2, -0.15) is 0 Å². The number of hydrogen-bond donors (Lipinski definition) is 2. The molecule has 0 amide bonds. The van der Waals surface area contributed by atoms with Crippen molar-refractivity contribution < 1.29 is 19.7 Å².